The van der Waals surface area contributed by atoms with Crippen LogP contribution in [0.15, 0.2) is 0 Å². The zero-order chi connectivity index (χ0) is 43.0. The molecule has 0 spiro atoms. The molecule has 0 atom stereocenters. The van der Waals surface area contributed by atoms with Crippen LogP contribution in [0.4, 0.5) is 105 Å². The normalized spacial score (nSPS) is 12.2. The van der Waals surface area contributed by atoms with E-state index in [1.165, 1.54) is 0 Å². The number of fused-ring (bicyclic) bond motifs is 2. The van der Waals surface area contributed by atoms with Crippen LogP contribution in [-0.2, 0) is 0 Å². The van der Waals surface area contributed by atoms with Crippen molar-refractivity contribution in [2.45, 2.75) is 0 Å². The van der Waals surface area contributed by atoms with Gasteiger partial charge in [0.25, 0.3) is 0 Å². The maximum atomic E-state index is 16.5. The van der Waals surface area contributed by atoms with E-state index in [9.17, 15) is 26.3 Å². The molecule has 0 fully saturated rings. The second-order valence-corrected chi connectivity index (χ2v) is 14.8. The van der Waals surface area contributed by atoms with Crippen LogP contribution >= 0.6 is 0 Å². The van der Waals surface area contributed by atoms with Crippen molar-refractivity contribution in [1.82, 2.24) is 0 Å². The van der Waals surface area contributed by atoms with E-state index in [1.807, 2.05) is 0 Å². The van der Waals surface area contributed by atoms with Crippen molar-refractivity contribution in [1.29, 1.82) is 0 Å². The molecule has 0 nitrogen and oxygen atoms in total. The SMILES string of the molecule is Fc1c(F)c(F)c([Si](c2c(F)c(F)c(F)c(F)c2F)(c2c(F)c(F)c(F)c3c(F)c(F)c(F)c(F)c23)c2c(F)c(F)c(F)c3c(F)c(F)c(F)c(F)c23)c(F)c1F. The van der Waals surface area contributed by atoms with Gasteiger partial charge in [-0.1, -0.05) is 0 Å². The molecule has 6 aromatic carbocycles. The van der Waals surface area contributed by atoms with Gasteiger partial charge in [-0.25, -0.2) is 105 Å². The van der Waals surface area contributed by atoms with Crippen LogP contribution in [-0.4, -0.2) is 8.07 Å². The van der Waals surface area contributed by atoms with Crippen LogP contribution in [0.5, 0.6) is 0 Å². The number of benzene rings is 6. The molecular formula is C32F24Si. The van der Waals surface area contributed by atoms with Crippen LogP contribution in [0, 0.1) is 140 Å². The Morgan fingerprint density at radius 3 is 0.509 bits per heavy atom. The molecule has 0 unspecified atom stereocenters. The maximum absolute atomic E-state index is 16.5. The van der Waals surface area contributed by atoms with E-state index >= 15 is 79.0 Å². The molecule has 0 aromatic heterocycles. The summed E-state index contributed by atoms with van der Waals surface area (Å²) in [5.74, 6) is -86.8. The molecule has 0 amide bonds. The molecule has 0 aliphatic heterocycles. The predicted octanol–water partition coefficient (Wildman–Crippen LogP) is 8.71. The zero-order valence-corrected chi connectivity index (χ0v) is 26.6. The second kappa shape index (κ2) is 13.2. The molecule has 0 aliphatic carbocycles. The summed E-state index contributed by atoms with van der Waals surface area (Å²) >= 11 is 0. The maximum Gasteiger partial charge on any atom is 0.202 e. The summed E-state index contributed by atoms with van der Waals surface area (Å²) in [6, 6.07) is 0. The van der Waals surface area contributed by atoms with Crippen LogP contribution < -0.4 is 20.7 Å². The number of halogens is 24. The Hall–Kier alpha value is -5.62. The van der Waals surface area contributed by atoms with Gasteiger partial charge in [-0.15, -0.1) is 0 Å². The fourth-order valence-corrected chi connectivity index (χ4v) is 11.7. The molecule has 57 heavy (non-hydrogen) atoms. The molecule has 0 saturated carbocycles. The molecule has 0 aliphatic rings. The smallest absolute Gasteiger partial charge is 0.202 e. The fourth-order valence-electron chi connectivity index (χ4n) is 6.32. The first-order valence-electron chi connectivity index (χ1n) is 14.0. The van der Waals surface area contributed by atoms with E-state index in [1.54, 1.807) is 0 Å². The van der Waals surface area contributed by atoms with Crippen molar-refractivity contribution in [3.8, 4) is 0 Å². The largest absolute Gasteiger partial charge is 0.204 e. The lowest BCUT2D eigenvalue weighted by Crippen LogP contribution is -2.80. The number of hydrogen-bond donors (Lipinski definition) is 0. The summed E-state index contributed by atoms with van der Waals surface area (Å²) in [6.07, 6.45) is 0. The predicted molar refractivity (Wildman–Crippen MR) is 144 cm³/mol. The van der Waals surface area contributed by atoms with Gasteiger partial charge in [0.05, 0.1) is 10.8 Å². The topological polar surface area (TPSA) is 0 Å². The summed E-state index contributed by atoms with van der Waals surface area (Å²) in [5.41, 5.74) is 0. The van der Waals surface area contributed by atoms with Gasteiger partial charge >= 0.3 is 0 Å². The molecular weight excluding hydrogens is 868 g/mol. The van der Waals surface area contributed by atoms with Gasteiger partial charge in [-0.2, -0.15) is 0 Å². The lowest BCUT2D eigenvalue weighted by molar-refractivity contribution is 0.381. The van der Waals surface area contributed by atoms with Crippen LogP contribution in [0.3, 0.4) is 0 Å². The molecule has 6 aromatic rings. The summed E-state index contributed by atoms with van der Waals surface area (Å²) < 4.78 is 369. The number of hydrogen-bond acceptors (Lipinski definition) is 0. The minimum absolute atomic E-state index is 3.07. The average Bonchev–Trinajstić information content (AvgIpc) is 3.17. The van der Waals surface area contributed by atoms with Crippen molar-refractivity contribution in [3.05, 3.63) is 140 Å². The second-order valence-electron chi connectivity index (χ2n) is 11.3. The summed E-state index contributed by atoms with van der Waals surface area (Å²) in [6.45, 7) is 0. The van der Waals surface area contributed by atoms with Crippen LogP contribution in [0.1, 0.15) is 0 Å². The van der Waals surface area contributed by atoms with Crippen molar-refractivity contribution < 1.29 is 105 Å². The van der Waals surface area contributed by atoms with Gasteiger partial charge in [0.15, 0.2) is 128 Å². The van der Waals surface area contributed by atoms with E-state index in [0.29, 0.717) is 0 Å². The Bertz CT molecular complexity index is 2580. The van der Waals surface area contributed by atoms with E-state index in [-0.39, 0.29) is 0 Å². The lowest BCUT2D eigenvalue weighted by atomic mass is 10.1. The highest BCUT2D eigenvalue weighted by Gasteiger charge is 2.59. The Balaban J connectivity index is 2.30. The van der Waals surface area contributed by atoms with Crippen LogP contribution in [0.2, 0.25) is 0 Å². The zero-order valence-electron chi connectivity index (χ0n) is 25.6. The minimum Gasteiger partial charge on any atom is -0.204 e. The average molecular weight is 868 g/mol. The molecule has 25 heteroatoms. The molecule has 0 N–H and O–H groups in total. The van der Waals surface area contributed by atoms with Gasteiger partial charge in [0.2, 0.25) is 19.7 Å². The van der Waals surface area contributed by atoms with Gasteiger partial charge in [-0.3, -0.25) is 0 Å². The monoisotopic (exact) mass is 868 g/mol. The third kappa shape index (κ3) is 4.95. The third-order valence-corrected chi connectivity index (χ3v) is 13.4. The Kier molecular flexibility index (Phi) is 9.52. The van der Waals surface area contributed by atoms with Crippen molar-refractivity contribution in [3.63, 3.8) is 0 Å². The Labute approximate surface area is 295 Å². The molecule has 0 saturated heterocycles. The molecule has 300 valence electrons. The molecule has 0 radical (unpaired) electrons. The van der Waals surface area contributed by atoms with E-state index in [2.05, 4.69) is 0 Å². The van der Waals surface area contributed by atoms with Gasteiger partial charge < -0.3 is 0 Å². The van der Waals surface area contributed by atoms with Crippen molar-refractivity contribution in [2.24, 2.45) is 0 Å². The molecule has 6 rings (SSSR count). The highest BCUT2D eigenvalue weighted by molar-refractivity contribution is 7.21. The van der Waals surface area contributed by atoms with Crippen molar-refractivity contribution >= 4 is 50.4 Å². The summed E-state index contributed by atoms with van der Waals surface area (Å²) in [7, 11) is -9.11. The van der Waals surface area contributed by atoms with Gasteiger partial charge in [0, 0.05) is 31.5 Å². The minimum atomic E-state index is -9.11. The van der Waals surface area contributed by atoms with E-state index in [4.69, 9.17) is 0 Å². The molecule has 0 heterocycles. The first-order chi connectivity index (χ1) is 26.3. The van der Waals surface area contributed by atoms with E-state index in [0.717, 1.165) is 0 Å². The number of rotatable bonds is 4. The van der Waals surface area contributed by atoms with Gasteiger partial charge in [-0.05, 0) is 0 Å². The quantitative estimate of drug-likeness (QED) is 0.0548. The summed E-state index contributed by atoms with van der Waals surface area (Å²) in [5, 5.41) is -27.2. The fraction of sp³-hybridized carbons (Fsp3) is 0. The lowest BCUT2D eigenvalue weighted by Gasteiger charge is -2.37. The van der Waals surface area contributed by atoms with Gasteiger partial charge in [0.1, 0.15) is 0 Å². The highest BCUT2D eigenvalue weighted by Crippen LogP contribution is 2.38. The van der Waals surface area contributed by atoms with Crippen LogP contribution in [0.25, 0.3) is 21.5 Å². The Morgan fingerprint density at radius 2 is 0.281 bits per heavy atom. The molecule has 0 bridgehead atoms. The standard InChI is InChI=1S/C32F24Si/c33-5-1-3(9(37)13(41)11(5)39)29(23(51)15(43)7(1)35)57(31-25(53)19(47)17(45)20(48)26(31)54,32-27(55)21(49)18(46)22(50)28(32)56)30-4-2(8(36)16(44)24(30)52)6(34)12(40)14(42)10(4)38. The third-order valence-electron chi connectivity index (χ3n) is 8.60. The van der Waals surface area contributed by atoms with E-state index < -0.39 is 190 Å². The highest BCUT2D eigenvalue weighted by atomic mass is 28.3. The first kappa shape index (κ1) is 41.0. The Morgan fingerprint density at radius 1 is 0.140 bits per heavy atom. The first-order valence-corrected chi connectivity index (χ1v) is 16.0. The van der Waals surface area contributed by atoms with Crippen molar-refractivity contribution in [2.75, 3.05) is 0 Å². The summed E-state index contributed by atoms with van der Waals surface area (Å²) in [4.78, 5) is 0.